The molecule has 3 nitrogen and oxygen atoms in total. The van der Waals surface area contributed by atoms with E-state index >= 15 is 0 Å². The zero-order valence-corrected chi connectivity index (χ0v) is 32.0. The summed E-state index contributed by atoms with van der Waals surface area (Å²) in [4.78, 5) is 2.35. The molecule has 0 unspecified atom stereocenters. The summed E-state index contributed by atoms with van der Waals surface area (Å²) in [5, 5.41) is 9.78. The zero-order chi connectivity index (χ0) is 38.0. The molecule has 0 N–H and O–H groups in total. The van der Waals surface area contributed by atoms with Crippen LogP contribution in [-0.2, 0) is 5.41 Å². The predicted octanol–water partition coefficient (Wildman–Crippen LogP) is 15.4. The third-order valence-electron chi connectivity index (χ3n) is 12.2. The Kier molecular flexibility index (Phi) is 6.61. The highest BCUT2D eigenvalue weighted by Gasteiger charge is 2.26. The third-order valence-corrected chi connectivity index (χ3v) is 12.2. The van der Waals surface area contributed by atoms with Crippen molar-refractivity contribution in [1.82, 2.24) is 4.57 Å². The van der Waals surface area contributed by atoms with E-state index in [1.807, 2.05) is 0 Å². The second kappa shape index (κ2) is 11.7. The van der Waals surface area contributed by atoms with Crippen LogP contribution in [0.3, 0.4) is 0 Å². The number of para-hydroxylation sites is 5. The number of fused-ring (bicyclic) bond motifs is 12. The average molecular weight is 731 g/mol. The highest BCUT2D eigenvalue weighted by Crippen LogP contribution is 2.51. The molecular formula is C54H38N2O. The van der Waals surface area contributed by atoms with E-state index in [4.69, 9.17) is 4.42 Å². The van der Waals surface area contributed by atoms with E-state index < -0.39 is 0 Å². The number of anilines is 3. The number of hydrogen-bond donors (Lipinski definition) is 0. The largest absolute Gasteiger partial charge is 0.454 e. The van der Waals surface area contributed by atoms with Crippen LogP contribution in [0.15, 0.2) is 180 Å². The Morgan fingerprint density at radius 2 is 0.965 bits per heavy atom. The van der Waals surface area contributed by atoms with Gasteiger partial charge < -0.3 is 13.9 Å². The van der Waals surface area contributed by atoms with Crippen LogP contribution in [0.4, 0.5) is 17.1 Å². The predicted molar refractivity (Wildman–Crippen MR) is 241 cm³/mol. The lowest BCUT2D eigenvalue weighted by Gasteiger charge is -2.28. The van der Waals surface area contributed by atoms with Crippen molar-refractivity contribution < 1.29 is 4.42 Å². The van der Waals surface area contributed by atoms with E-state index in [-0.39, 0.29) is 5.41 Å². The minimum atomic E-state index is -0.0495. The number of nitrogens with zero attached hydrogens (tertiary/aromatic N) is 2. The lowest BCUT2D eigenvalue weighted by atomic mass is 9.78. The molecule has 1 aliphatic rings. The van der Waals surface area contributed by atoms with E-state index in [1.165, 1.54) is 76.9 Å². The molecule has 57 heavy (non-hydrogen) atoms. The van der Waals surface area contributed by atoms with Crippen LogP contribution in [0.2, 0.25) is 0 Å². The van der Waals surface area contributed by atoms with E-state index in [1.54, 1.807) is 0 Å². The first kappa shape index (κ1) is 32.2. The summed E-state index contributed by atoms with van der Waals surface area (Å²) in [6.45, 7) is 6.75. The minimum Gasteiger partial charge on any atom is -0.454 e. The Labute approximate surface area is 330 Å². The number of benzene rings is 9. The topological polar surface area (TPSA) is 21.3 Å². The van der Waals surface area contributed by atoms with Gasteiger partial charge in [-0.05, 0) is 128 Å². The lowest BCUT2D eigenvalue weighted by molar-refractivity contribution is 0.573. The SMILES string of the molecule is CC(C)(C)c1cccc2c1oc1c(N(c3ccccc3)c3ccc4cc5c(cc4c3)-c3cc4cc(-n6c7ccccc7c7ccccc76)ccc4cc3-5)cccc12. The fraction of sp³-hybridized carbons (Fsp3) is 0.0741. The molecule has 9 aromatic carbocycles. The summed E-state index contributed by atoms with van der Waals surface area (Å²) in [5.41, 5.74) is 15.1. The second-order valence-corrected chi connectivity index (χ2v) is 16.6. The molecule has 12 rings (SSSR count). The van der Waals surface area contributed by atoms with Crippen molar-refractivity contribution in [2.75, 3.05) is 4.90 Å². The Hall–Kier alpha value is -7.10. The molecule has 2 aromatic heterocycles. The van der Waals surface area contributed by atoms with Crippen molar-refractivity contribution in [2.24, 2.45) is 0 Å². The van der Waals surface area contributed by atoms with Crippen LogP contribution in [0, 0.1) is 0 Å². The Balaban J connectivity index is 0.989. The van der Waals surface area contributed by atoms with Gasteiger partial charge in [-0.25, -0.2) is 0 Å². The van der Waals surface area contributed by atoms with Crippen LogP contribution < -0.4 is 4.90 Å². The maximum Gasteiger partial charge on any atom is 0.159 e. The van der Waals surface area contributed by atoms with Crippen molar-refractivity contribution >= 4 is 82.4 Å². The van der Waals surface area contributed by atoms with Gasteiger partial charge in [-0.2, -0.15) is 0 Å². The number of furan rings is 1. The summed E-state index contributed by atoms with van der Waals surface area (Å²) in [7, 11) is 0. The second-order valence-electron chi connectivity index (χ2n) is 16.6. The third kappa shape index (κ3) is 4.72. The van der Waals surface area contributed by atoms with E-state index in [0.29, 0.717) is 0 Å². The van der Waals surface area contributed by atoms with Crippen molar-refractivity contribution in [3.05, 3.63) is 181 Å². The van der Waals surface area contributed by atoms with Gasteiger partial charge in [0.05, 0.1) is 16.7 Å². The summed E-state index contributed by atoms with van der Waals surface area (Å²) in [6, 6.07) is 64.5. The van der Waals surface area contributed by atoms with Crippen LogP contribution in [0.1, 0.15) is 26.3 Å². The Morgan fingerprint density at radius 3 is 1.63 bits per heavy atom. The number of rotatable bonds is 4. The molecule has 0 radical (unpaired) electrons. The van der Waals surface area contributed by atoms with Gasteiger partial charge in [0.25, 0.3) is 0 Å². The zero-order valence-electron chi connectivity index (χ0n) is 32.0. The number of hydrogen-bond acceptors (Lipinski definition) is 2. The van der Waals surface area contributed by atoms with Gasteiger partial charge in [-0.15, -0.1) is 0 Å². The average Bonchev–Trinajstić information content (AvgIpc) is 3.79. The molecule has 2 heterocycles. The molecular weight excluding hydrogens is 693 g/mol. The first-order chi connectivity index (χ1) is 27.9. The molecule has 0 amide bonds. The highest BCUT2D eigenvalue weighted by molar-refractivity contribution is 6.14. The maximum atomic E-state index is 6.90. The Bertz CT molecular complexity index is 3400. The molecule has 0 saturated heterocycles. The highest BCUT2D eigenvalue weighted by atomic mass is 16.3. The van der Waals surface area contributed by atoms with Crippen LogP contribution in [0.25, 0.3) is 93.2 Å². The van der Waals surface area contributed by atoms with E-state index in [2.05, 4.69) is 206 Å². The molecule has 0 atom stereocenters. The minimum absolute atomic E-state index is 0.0495. The van der Waals surface area contributed by atoms with Gasteiger partial charge >= 0.3 is 0 Å². The van der Waals surface area contributed by atoms with Crippen molar-refractivity contribution in [1.29, 1.82) is 0 Å². The monoisotopic (exact) mass is 730 g/mol. The molecule has 0 aliphatic heterocycles. The van der Waals surface area contributed by atoms with Gasteiger partial charge in [0.1, 0.15) is 5.58 Å². The summed E-state index contributed by atoms with van der Waals surface area (Å²) < 4.78 is 9.30. The molecule has 3 heteroatoms. The molecule has 0 bridgehead atoms. The van der Waals surface area contributed by atoms with E-state index in [9.17, 15) is 0 Å². The van der Waals surface area contributed by atoms with Gasteiger partial charge in [0.2, 0.25) is 0 Å². The number of aromatic nitrogens is 1. The van der Waals surface area contributed by atoms with Gasteiger partial charge in [0.15, 0.2) is 5.58 Å². The fourth-order valence-corrected chi connectivity index (χ4v) is 9.45. The first-order valence-electron chi connectivity index (χ1n) is 19.8. The molecule has 1 aliphatic carbocycles. The normalized spacial score (nSPS) is 12.5. The maximum absolute atomic E-state index is 6.90. The summed E-state index contributed by atoms with van der Waals surface area (Å²) in [6.07, 6.45) is 0. The van der Waals surface area contributed by atoms with Crippen LogP contribution in [-0.4, -0.2) is 4.57 Å². The molecule has 0 spiro atoms. The summed E-state index contributed by atoms with van der Waals surface area (Å²) in [5.74, 6) is 0. The van der Waals surface area contributed by atoms with Gasteiger partial charge in [-0.3, -0.25) is 0 Å². The quantitative estimate of drug-likeness (QED) is 0.180. The van der Waals surface area contributed by atoms with Crippen molar-refractivity contribution in [3.8, 4) is 27.9 Å². The fourth-order valence-electron chi connectivity index (χ4n) is 9.45. The Morgan fingerprint density at radius 1 is 0.421 bits per heavy atom. The van der Waals surface area contributed by atoms with Gasteiger partial charge in [-0.1, -0.05) is 118 Å². The molecule has 11 aromatic rings. The van der Waals surface area contributed by atoms with Crippen LogP contribution >= 0.6 is 0 Å². The first-order valence-corrected chi connectivity index (χ1v) is 19.8. The smallest absolute Gasteiger partial charge is 0.159 e. The molecule has 0 saturated carbocycles. The standard InChI is InChI=1S/C54H38N2O/c1-54(2,3)48-19-11-17-42-43-18-12-22-51(53(43)57-52(42)48)55(37-13-5-4-6-14-37)38-25-23-33-29-44-45-30-34-24-26-39(28-36(34)32-47(45)46(44)31-35(33)27-38)56-49-20-9-7-15-40(49)41-16-8-10-21-50(41)56/h4-32H,1-3H3. The molecule has 0 fully saturated rings. The van der Waals surface area contributed by atoms with Crippen LogP contribution in [0.5, 0.6) is 0 Å². The van der Waals surface area contributed by atoms with Crippen molar-refractivity contribution in [3.63, 3.8) is 0 Å². The van der Waals surface area contributed by atoms with Gasteiger partial charge in [0, 0.05) is 44.2 Å². The van der Waals surface area contributed by atoms with E-state index in [0.717, 1.165) is 39.0 Å². The summed E-state index contributed by atoms with van der Waals surface area (Å²) >= 11 is 0. The lowest BCUT2D eigenvalue weighted by Crippen LogP contribution is -2.11. The van der Waals surface area contributed by atoms with Crippen molar-refractivity contribution in [2.45, 2.75) is 26.2 Å². The molecule has 270 valence electrons.